The molecule has 1 atom stereocenters. The van der Waals surface area contributed by atoms with E-state index >= 15 is 0 Å². The Balaban J connectivity index is -0.000000540. The Morgan fingerprint density at radius 3 is 2.19 bits per heavy atom. The van der Waals surface area contributed by atoms with Crippen LogP contribution in [0.4, 0.5) is 0 Å². The number of esters is 1. The van der Waals surface area contributed by atoms with Gasteiger partial charge in [-0.1, -0.05) is 69.7 Å². The Morgan fingerprint density at radius 2 is 1.72 bits per heavy atom. The Bertz CT molecular complexity index is 716. The van der Waals surface area contributed by atoms with Crippen LogP contribution < -0.4 is 0 Å². The molecule has 0 amide bonds. The molecule has 6 heteroatoms. The smallest absolute Gasteiger partial charge is 0.308 e. The molecule has 0 aromatic carbocycles. The van der Waals surface area contributed by atoms with Crippen molar-refractivity contribution in [2.24, 2.45) is 10.9 Å². The number of hydrogen-bond acceptors (Lipinski definition) is 5. The zero-order valence-corrected chi connectivity index (χ0v) is 21.9. The minimum Gasteiger partial charge on any atom is -0.465 e. The topological polar surface area (TPSA) is 72.8 Å². The Kier molecular flexibility index (Phi) is 25.2. The van der Waals surface area contributed by atoms with Crippen LogP contribution in [0.1, 0.15) is 59.8 Å². The highest BCUT2D eigenvalue weighted by atomic mass is 32.2. The van der Waals surface area contributed by atoms with E-state index in [-0.39, 0.29) is 17.6 Å². The second-order valence-corrected chi connectivity index (χ2v) is 9.52. The van der Waals surface area contributed by atoms with Gasteiger partial charge in [0.1, 0.15) is 0 Å². The lowest BCUT2D eigenvalue weighted by atomic mass is 10.1. The van der Waals surface area contributed by atoms with Crippen molar-refractivity contribution in [1.29, 1.82) is 0 Å². The summed E-state index contributed by atoms with van der Waals surface area (Å²) >= 11 is 0. The summed E-state index contributed by atoms with van der Waals surface area (Å²) in [6.07, 6.45) is 16.7. The quantitative estimate of drug-likeness (QED) is 0.105. The maximum absolute atomic E-state index is 11.6. The van der Waals surface area contributed by atoms with Crippen molar-refractivity contribution >= 4 is 22.0 Å². The van der Waals surface area contributed by atoms with Crippen LogP contribution >= 0.6 is 0 Å². The summed E-state index contributed by atoms with van der Waals surface area (Å²) in [4.78, 5) is 15.5. The molecule has 0 saturated heterocycles. The zero-order chi connectivity index (χ0) is 25.4. The van der Waals surface area contributed by atoms with Gasteiger partial charge in [-0.2, -0.15) is 0 Å². The van der Waals surface area contributed by atoms with Crippen LogP contribution in [0.2, 0.25) is 0 Å². The molecule has 0 aliphatic heterocycles. The summed E-state index contributed by atoms with van der Waals surface area (Å²) in [5.41, 5.74) is 1.65. The maximum atomic E-state index is 11.6. The highest BCUT2D eigenvalue weighted by Crippen LogP contribution is 2.10. The molecule has 1 unspecified atom stereocenters. The monoisotopic (exact) mass is 467 g/mol. The highest BCUT2D eigenvalue weighted by Gasteiger charge is 2.13. The van der Waals surface area contributed by atoms with Crippen molar-refractivity contribution in [3.63, 3.8) is 0 Å². The Hall–Kier alpha value is -2.21. The molecule has 5 nitrogen and oxygen atoms in total. The van der Waals surface area contributed by atoms with E-state index in [0.717, 1.165) is 37.7 Å². The van der Waals surface area contributed by atoms with Gasteiger partial charge in [-0.3, -0.25) is 9.79 Å². The van der Waals surface area contributed by atoms with E-state index in [0.29, 0.717) is 12.2 Å². The molecule has 0 aromatic heterocycles. The molecule has 0 rings (SSSR count). The van der Waals surface area contributed by atoms with Gasteiger partial charge in [0.2, 0.25) is 0 Å². The number of aliphatic imine (C=N–C) groups is 1. The minimum absolute atomic E-state index is 0.0174. The molecule has 0 radical (unpaired) electrons. The first-order valence-electron chi connectivity index (χ1n) is 11.0. The first-order chi connectivity index (χ1) is 15.0. The first kappa shape index (κ1) is 34.4. The third-order valence-corrected chi connectivity index (χ3v) is 4.59. The van der Waals surface area contributed by atoms with Gasteiger partial charge in [-0.25, -0.2) is 8.42 Å². The van der Waals surface area contributed by atoms with Crippen molar-refractivity contribution in [1.82, 2.24) is 0 Å². The van der Waals surface area contributed by atoms with E-state index in [1.165, 1.54) is 6.26 Å². The van der Waals surface area contributed by atoms with Crippen LogP contribution in [0.5, 0.6) is 0 Å². The van der Waals surface area contributed by atoms with E-state index in [9.17, 15) is 13.2 Å². The molecule has 32 heavy (non-hydrogen) atoms. The van der Waals surface area contributed by atoms with Gasteiger partial charge >= 0.3 is 5.97 Å². The van der Waals surface area contributed by atoms with Crippen LogP contribution in [-0.2, 0) is 19.4 Å². The van der Waals surface area contributed by atoms with Crippen molar-refractivity contribution in [3.8, 4) is 0 Å². The third kappa shape index (κ3) is 30.0. The van der Waals surface area contributed by atoms with Gasteiger partial charge in [0, 0.05) is 19.5 Å². The third-order valence-electron chi connectivity index (χ3n) is 3.70. The molecular formula is C26H45NO4S. The minimum atomic E-state index is -2.90. The van der Waals surface area contributed by atoms with Crippen LogP contribution in [0, 0.1) is 5.92 Å². The van der Waals surface area contributed by atoms with Crippen molar-refractivity contribution in [3.05, 3.63) is 61.3 Å². The number of nitrogens with zero attached hydrogens (tertiary/aromatic N) is 1. The molecule has 0 aliphatic rings. The number of unbranched alkanes of at least 4 members (excludes halogenated alkanes) is 1. The molecular weight excluding hydrogens is 422 g/mol. The number of hydrogen-bond donors (Lipinski definition) is 0. The average Bonchev–Trinajstić information content (AvgIpc) is 2.69. The molecule has 0 aromatic rings. The summed E-state index contributed by atoms with van der Waals surface area (Å²) < 4.78 is 26.5. The van der Waals surface area contributed by atoms with Crippen molar-refractivity contribution < 1.29 is 17.9 Å². The lowest BCUT2D eigenvalue weighted by molar-refractivity contribution is -0.148. The number of carbonyl (C=O) groups is 1. The van der Waals surface area contributed by atoms with E-state index < -0.39 is 9.84 Å². The van der Waals surface area contributed by atoms with Crippen LogP contribution in [0.25, 0.3) is 0 Å². The predicted molar refractivity (Wildman–Crippen MR) is 141 cm³/mol. The fraction of sp³-hybridized carbons (Fsp3) is 0.538. The lowest BCUT2D eigenvalue weighted by Crippen LogP contribution is -2.15. The maximum Gasteiger partial charge on any atom is 0.308 e. The summed E-state index contributed by atoms with van der Waals surface area (Å²) in [6, 6.07) is 0. The number of carbonyl (C=O) groups excluding carboxylic acids is 1. The van der Waals surface area contributed by atoms with Gasteiger partial charge in [0.15, 0.2) is 9.84 Å². The predicted octanol–water partition coefficient (Wildman–Crippen LogP) is 6.30. The number of allylic oxidation sites excluding steroid dienone is 6. The van der Waals surface area contributed by atoms with Crippen LogP contribution in [0.15, 0.2) is 66.3 Å². The Labute approximate surface area is 197 Å². The molecule has 0 bridgehead atoms. The van der Waals surface area contributed by atoms with Crippen LogP contribution in [0.3, 0.4) is 0 Å². The van der Waals surface area contributed by atoms with E-state index in [1.54, 1.807) is 31.5 Å². The second kappa shape index (κ2) is 23.5. The molecule has 0 saturated carbocycles. The number of sulfone groups is 1. The standard InChI is InChI=1S/C16H27NO2.C7H12O2S.C3H6/c1-5-6-11-15(3)16(18)19-13-8-10-14(2)9-7-12-17-4;1-4-5-7(2)6-10(3,8)9;1-3-2/h7,9,12,15H,2,5-6,8,10-11,13H2,1,3-4H3;4-5H,2,6H2,1,3H3;3H,1H2,2H3/b9-7-,17-12?;5-4-;. The number of rotatable bonds is 13. The van der Waals surface area contributed by atoms with Crippen molar-refractivity contribution in [2.45, 2.75) is 59.8 Å². The van der Waals surface area contributed by atoms with Gasteiger partial charge in [0.25, 0.3) is 0 Å². The Morgan fingerprint density at radius 1 is 1.12 bits per heavy atom. The van der Waals surface area contributed by atoms with Gasteiger partial charge in [0.05, 0.1) is 18.3 Å². The van der Waals surface area contributed by atoms with Gasteiger partial charge in [-0.05, 0) is 44.8 Å². The molecule has 0 N–H and O–H groups in total. The van der Waals surface area contributed by atoms with Crippen LogP contribution in [-0.4, -0.2) is 46.3 Å². The summed E-state index contributed by atoms with van der Waals surface area (Å²) in [5.74, 6) is -0.00585. The normalized spacial score (nSPS) is 11.9. The fourth-order valence-electron chi connectivity index (χ4n) is 2.21. The summed E-state index contributed by atoms with van der Waals surface area (Å²) in [5, 5.41) is 0. The van der Waals surface area contributed by atoms with E-state index in [1.807, 2.05) is 32.9 Å². The second-order valence-electron chi connectivity index (χ2n) is 7.38. The first-order valence-corrected chi connectivity index (χ1v) is 13.0. The van der Waals surface area contributed by atoms with E-state index in [2.05, 4.69) is 31.7 Å². The molecule has 0 aliphatic carbocycles. The highest BCUT2D eigenvalue weighted by molar-refractivity contribution is 7.90. The summed E-state index contributed by atoms with van der Waals surface area (Å²) in [6.45, 7) is 19.1. The molecule has 184 valence electrons. The zero-order valence-electron chi connectivity index (χ0n) is 21.1. The van der Waals surface area contributed by atoms with Gasteiger partial charge in [-0.15, -0.1) is 6.58 Å². The van der Waals surface area contributed by atoms with Gasteiger partial charge < -0.3 is 4.74 Å². The summed E-state index contributed by atoms with van der Waals surface area (Å²) in [7, 11) is -1.17. The number of ether oxygens (including phenoxy) is 1. The average molecular weight is 468 g/mol. The largest absolute Gasteiger partial charge is 0.465 e. The fourth-order valence-corrected chi connectivity index (χ4v) is 2.98. The van der Waals surface area contributed by atoms with E-state index in [4.69, 9.17) is 4.74 Å². The van der Waals surface area contributed by atoms with Crippen molar-refractivity contribution in [2.75, 3.05) is 25.7 Å². The molecule has 0 spiro atoms. The molecule has 0 fully saturated rings. The molecule has 0 heterocycles. The SMILES string of the molecule is C=C(/C=C\C)CS(C)(=O)=O.C=C(/C=C\C=NC)CCCOC(=O)C(C)CCCC.C=CC. The lowest BCUT2D eigenvalue weighted by Gasteiger charge is -2.10.